The molecule has 0 aromatic rings. The van der Waals surface area contributed by atoms with Gasteiger partial charge < -0.3 is 14.2 Å². The van der Waals surface area contributed by atoms with Crippen LogP contribution in [-0.4, -0.2) is 37.9 Å². The third-order valence-corrected chi connectivity index (χ3v) is 11.1. The van der Waals surface area contributed by atoms with Gasteiger partial charge in [-0.3, -0.25) is 9.59 Å². The van der Waals surface area contributed by atoms with Crippen molar-refractivity contribution in [3.63, 3.8) is 0 Å². The molecule has 0 N–H and O–H groups in total. The molecule has 5 nitrogen and oxygen atoms in total. The van der Waals surface area contributed by atoms with Crippen molar-refractivity contribution in [2.75, 3.05) is 19.8 Å². The quantitative estimate of drug-likeness (QED) is 0.0345. The van der Waals surface area contributed by atoms with Gasteiger partial charge in [-0.2, -0.15) is 0 Å². The third kappa shape index (κ3) is 56.1. The fourth-order valence-electron chi connectivity index (χ4n) is 7.01. The summed E-state index contributed by atoms with van der Waals surface area (Å²) in [6.07, 6.45) is 87.0. The van der Waals surface area contributed by atoms with Gasteiger partial charge in [0.25, 0.3) is 0 Å². The Morgan fingerprint density at radius 3 is 1.01 bits per heavy atom. The van der Waals surface area contributed by atoms with E-state index < -0.39 is 6.10 Å². The van der Waals surface area contributed by atoms with Gasteiger partial charge in [0.15, 0.2) is 6.10 Å². The van der Waals surface area contributed by atoms with Gasteiger partial charge in [-0.1, -0.05) is 230 Å². The van der Waals surface area contributed by atoms with Gasteiger partial charge in [0.1, 0.15) is 6.61 Å². The van der Waals surface area contributed by atoms with Gasteiger partial charge in [-0.05, 0) is 128 Å². The first-order valence-corrected chi connectivity index (χ1v) is 28.0. The van der Waals surface area contributed by atoms with Gasteiger partial charge in [0, 0.05) is 19.4 Å². The molecule has 0 rings (SSSR count). The molecule has 0 saturated carbocycles. The number of hydrogen-bond donors (Lipinski definition) is 0. The summed E-state index contributed by atoms with van der Waals surface area (Å²) in [4.78, 5) is 25.5. The predicted molar refractivity (Wildman–Crippen MR) is 306 cm³/mol. The summed E-state index contributed by atoms with van der Waals surface area (Å²) in [6, 6.07) is 0. The molecule has 5 heteroatoms. The van der Waals surface area contributed by atoms with Crippen molar-refractivity contribution in [3.05, 3.63) is 158 Å². The molecule has 0 bridgehead atoms. The number of carbonyl (C=O) groups is 2. The molecular weight excluding hydrogens is 861 g/mol. The summed E-state index contributed by atoms with van der Waals surface area (Å²) in [5.74, 6) is -0.532. The van der Waals surface area contributed by atoms with Gasteiger partial charge in [0.2, 0.25) is 0 Å². The summed E-state index contributed by atoms with van der Waals surface area (Å²) >= 11 is 0. The van der Waals surface area contributed by atoms with Gasteiger partial charge >= 0.3 is 11.9 Å². The van der Waals surface area contributed by atoms with E-state index in [1.165, 1.54) is 38.5 Å². The zero-order valence-corrected chi connectivity index (χ0v) is 45.0. The predicted octanol–water partition coefficient (Wildman–Crippen LogP) is 19.5. The highest BCUT2D eigenvalue weighted by Crippen LogP contribution is 2.12. The second-order valence-corrected chi connectivity index (χ2v) is 17.7. The fraction of sp³-hybridized carbons (Fsp3) is 0.569. The lowest BCUT2D eigenvalue weighted by Crippen LogP contribution is -2.30. The van der Waals surface area contributed by atoms with Crippen molar-refractivity contribution in [1.29, 1.82) is 0 Å². The largest absolute Gasteiger partial charge is 0.462 e. The molecule has 0 saturated heterocycles. The molecule has 1 unspecified atom stereocenters. The highest BCUT2D eigenvalue weighted by Gasteiger charge is 2.17. The molecule has 0 amide bonds. The van der Waals surface area contributed by atoms with Crippen LogP contribution in [0.2, 0.25) is 0 Å². The smallest absolute Gasteiger partial charge is 0.306 e. The maximum Gasteiger partial charge on any atom is 0.306 e. The van der Waals surface area contributed by atoms with Crippen molar-refractivity contribution in [1.82, 2.24) is 0 Å². The van der Waals surface area contributed by atoms with E-state index in [9.17, 15) is 9.59 Å². The Kier molecular flexibility index (Phi) is 55.1. The van der Waals surface area contributed by atoms with Crippen LogP contribution in [0.1, 0.15) is 213 Å². The SMILES string of the molecule is CC/C=C\C/C=C\C/C=C\C/C=C\C/C=C\C/C=C\CCC(=O)OCC(COCCCCCCCCC/C=C\C/C=C\C/C=C\C/C=C\CC)OC(=O)CCCCCCC/C=C\C/C=C\C/C=C\CC. The molecule has 0 spiro atoms. The molecule has 0 aromatic heterocycles. The first-order chi connectivity index (χ1) is 34.6. The first-order valence-electron chi connectivity index (χ1n) is 28.0. The van der Waals surface area contributed by atoms with Crippen LogP contribution in [0.25, 0.3) is 0 Å². The zero-order valence-electron chi connectivity index (χ0n) is 45.0. The number of ether oxygens (including phenoxy) is 3. The van der Waals surface area contributed by atoms with Crippen molar-refractivity contribution in [2.24, 2.45) is 0 Å². The van der Waals surface area contributed by atoms with E-state index in [0.29, 0.717) is 19.4 Å². The second-order valence-electron chi connectivity index (χ2n) is 17.7. The molecule has 0 radical (unpaired) electrons. The van der Waals surface area contributed by atoms with E-state index in [4.69, 9.17) is 14.2 Å². The average molecular weight is 964 g/mol. The molecule has 0 aromatic carbocycles. The van der Waals surface area contributed by atoms with Crippen molar-refractivity contribution in [2.45, 2.75) is 219 Å². The van der Waals surface area contributed by atoms with Crippen LogP contribution in [0.4, 0.5) is 0 Å². The number of carbonyl (C=O) groups excluding carboxylic acids is 2. The van der Waals surface area contributed by atoms with E-state index in [0.717, 1.165) is 135 Å². The van der Waals surface area contributed by atoms with Gasteiger partial charge in [-0.15, -0.1) is 0 Å². The second kappa shape index (κ2) is 58.8. The Morgan fingerprint density at radius 1 is 0.314 bits per heavy atom. The lowest BCUT2D eigenvalue weighted by molar-refractivity contribution is -0.162. The minimum absolute atomic E-state index is 0.0223. The zero-order chi connectivity index (χ0) is 50.6. The maximum absolute atomic E-state index is 12.8. The van der Waals surface area contributed by atoms with Crippen LogP contribution >= 0.6 is 0 Å². The Balaban J connectivity index is 4.47. The van der Waals surface area contributed by atoms with Crippen LogP contribution in [0, 0.1) is 0 Å². The highest BCUT2D eigenvalue weighted by molar-refractivity contribution is 5.70. The van der Waals surface area contributed by atoms with E-state index in [1.807, 2.05) is 6.08 Å². The molecule has 0 heterocycles. The third-order valence-electron chi connectivity index (χ3n) is 11.1. The minimum Gasteiger partial charge on any atom is -0.462 e. The fourth-order valence-corrected chi connectivity index (χ4v) is 7.01. The van der Waals surface area contributed by atoms with E-state index >= 15 is 0 Å². The maximum atomic E-state index is 12.8. The normalized spacial score (nSPS) is 13.5. The molecule has 392 valence electrons. The Morgan fingerprint density at radius 2 is 0.629 bits per heavy atom. The Labute approximate surface area is 431 Å². The summed E-state index contributed by atoms with van der Waals surface area (Å²) in [5, 5.41) is 0. The first kappa shape index (κ1) is 65.5. The average Bonchev–Trinajstić information content (AvgIpc) is 3.36. The van der Waals surface area contributed by atoms with Crippen molar-refractivity contribution in [3.8, 4) is 0 Å². The summed E-state index contributed by atoms with van der Waals surface area (Å²) in [6.45, 7) is 7.35. The number of esters is 2. The molecule has 70 heavy (non-hydrogen) atoms. The summed E-state index contributed by atoms with van der Waals surface area (Å²) in [7, 11) is 0. The van der Waals surface area contributed by atoms with Crippen LogP contribution in [0.3, 0.4) is 0 Å². The monoisotopic (exact) mass is 963 g/mol. The van der Waals surface area contributed by atoms with Crippen LogP contribution in [0.5, 0.6) is 0 Å². The topological polar surface area (TPSA) is 61.8 Å². The van der Waals surface area contributed by atoms with E-state index in [2.05, 4.69) is 173 Å². The summed E-state index contributed by atoms with van der Waals surface area (Å²) < 4.78 is 17.4. The lowest BCUT2D eigenvalue weighted by Gasteiger charge is -2.18. The van der Waals surface area contributed by atoms with Crippen LogP contribution < -0.4 is 0 Å². The molecule has 0 aliphatic heterocycles. The molecule has 0 aliphatic carbocycles. The van der Waals surface area contributed by atoms with Gasteiger partial charge in [-0.25, -0.2) is 0 Å². The molecule has 0 aliphatic rings. The van der Waals surface area contributed by atoms with Crippen LogP contribution in [0.15, 0.2) is 158 Å². The summed E-state index contributed by atoms with van der Waals surface area (Å²) in [5.41, 5.74) is 0. The van der Waals surface area contributed by atoms with Crippen molar-refractivity contribution >= 4 is 11.9 Å². The number of allylic oxidation sites excluding steroid dienone is 26. The van der Waals surface area contributed by atoms with Gasteiger partial charge in [0.05, 0.1) is 6.61 Å². The van der Waals surface area contributed by atoms with E-state index in [-0.39, 0.29) is 31.6 Å². The molecule has 0 fully saturated rings. The lowest BCUT2D eigenvalue weighted by atomic mass is 10.1. The standard InChI is InChI=1S/C65H102O5/c1-4-7-10-13-16-19-22-25-28-30-32-34-36-39-42-45-48-51-54-57-60-68-61-63(70-65(67)59-56-53-50-47-44-41-37-27-24-21-18-15-12-9-6-3)62-69-64(66)58-55-52-49-46-43-40-38-35-33-31-29-26-23-20-17-14-11-8-5-2/h7-12,16-21,25-29,32-35,37,40,43,49,52,63H,4-6,13-15,22-24,30-31,36,38-39,41-42,44-48,50-51,53-62H2,1-3H3/b10-7-,11-8-,12-9-,19-16-,20-17-,21-18-,28-25-,29-26-,34-32-,35-33-,37-27-,43-40-,52-49-. The molecular formula is C65H102O5. The number of rotatable bonds is 49. The minimum atomic E-state index is -0.595. The Hall–Kier alpha value is -4.48. The number of unbranched alkanes of at least 4 members (excludes halogenated alkanes) is 12. The Bertz CT molecular complexity index is 1560. The highest BCUT2D eigenvalue weighted by atomic mass is 16.6. The van der Waals surface area contributed by atoms with Crippen LogP contribution in [-0.2, 0) is 23.8 Å². The number of hydrogen-bond acceptors (Lipinski definition) is 5. The van der Waals surface area contributed by atoms with E-state index in [1.54, 1.807) is 0 Å². The molecule has 1 atom stereocenters. The van der Waals surface area contributed by atoms with Crippen molar-refractivity contribution < 1.29 is 23.8 Å².